The Morgan fingerprint density at radius 2 is 2.25 bits per heavy atom. The predicted molar refractivity (Wildman–Crippen MR) is 15.5 cm³/mol. The normalized spacial score (nSPS) is 39.8. The van der Waals surface area contributed by atoms with E-state index < -0.39 is 0 Å². The summed E-state index contributed by atoms with van der Waals surface area (Å²) < 4.78 is 4.62. The molecule has 0 aliphatic carbocycles. The third-order valence-corrected chi connectivity index (χ3v) is 0.667. The number of ether oxygens (including phenoxy) is 1. The van der Waals surface area contributed by atoms with Crippen LogP contribution in [0.2, 0.25) is 0 Å². The van der Waals surface area contributed by atoms with Gasteiger partial charge in [-0.25, -0.2) is 0 Å². The van der Waals surface area contributed by atoms with Gasteiger partial charge in [-0.3, -0.25) is 0 Å². The zero-order valence-electron chi connectivity index (χ0n) is 2.19. The van der Waals surface area contributed by atoms with Gasteiger partial charge in [0.1, 0.15) is 0 Å². The van der Waals surface area contributed by atoms with Crippen molar-refractivity contribution < 1.29 is 4.74 Å². The van der Waals surface area contributed by atoms with E-state index in [0.29, 0.717) is 5.73 Å². The lowest BCUT2D eigenvalue weighted by atomic mass is 11.0. The summed E-state index contributed by atoms with van der Waals surface area (Å²) in [6.07, 6.45) is 0. The maximum atomic E-state index is 4.62. The Hall–Kier alpha value is 0.177. The lowest BCUT2D eigenvalue weighted by Gasteiger charge is -1.49. The highest BCUT2D eigenvalue weighted by molar-refractivity contribution is 6.12. The highest BCUT2D eigenvalue weighted by atomic mass is 28.1. The van der Waals surface area contributed by atoms with Gasteiger partial charge in [0.25, 0.3) is 0 Å². The monoisotopic (exact) mass is 71.0 g/mol. The van der Waals surface area contributed by atoms with E-state index in [9.17, 15) is 0 Å². The lowest BCUT2D eigenvalue weighted by Crippen LogP contribution is -1.72. The average molecular weight is 71.1 g/mol. The van der Waals surface area contributed by atoms with Crippen molar-refractivity contribution in [3.8, 4) is 0 Å². The van der Waals surface area contributed by atoms with E-state index in [1.807, 2.05) is 0 Å². The van der Waals surface area contributed by atoms with E-state index in [1.165, 1.54) is 0 Å². The van der Waals surface area contributed by atoms with Crippen molar-refractivity contribution in [1.29, 1.82) is 0 Å². The number of hydrogen-bond donors (Lipinski definition) is 0. The van der Waals surface area contributed by atoms with Crippen LogP contribution in [0, 0.1) is 0 Å². The van der Waals surface area contributed by atoms with Crippen molar-refractivity contribution in [2.45, 2.75) is 5.73 Å². The molecule has 1 nitrogen and oxygen atoms in total. The predicted octanol–water partition coefficient (Wildman–Crippen LogP) is -0.489. The second kappa shape index (κ2) is 0.562. The van der Waals surface area contributed by atoms with Crippen LogP contribution in [-0.2, 0) is 4.74 Å². The maximum absolute atomic E-state index is 4.62. The second-order valence-corrected chi connectivity index (χ2v) is 1.47. The van der Waals surface area contributed by atoms with Gasteiger partial charge in [-0.05, 0) is 0 Å². The topological polar surface area (TPSA) is 12.5 Å². The van der Waals surface area contributed by atoms with E-state index in [-0.39, 0.29) is 0 Å². The standard InChI is InChI=1S/C2H3OSi/c4-2-1-3-2/h2H,1H2. The molecule has 2 heteroatoms. The van der Waals surface area contributed by atoms with E-state index >= 15 is 0 Å². The van der Waals surface area contributed by atoms with Gasteiger partial charge in [0.2, 0.25) is 0 Å². The number of rotatable bonds is 0. The SMILES string of the molecule is [Si]C1CO1. The first-order valence-electron chi connectivity index (χ1n) is 1.22. The molecule has 4 heavy (non-hydrogen) atoms. The molecule has 0 bridgehead atoms. The lowest BCUT2D eigenvalue weighted by molar-refractivity contribution is 0.457. The fourth-order valence-electron chi connectivity index (χ4n) is 0.0481. The molecule has 0 spiro atoms. The van der Waals surface area contributed by atoms with Crippen molar-refractivity contribution in [3.05, 3.63) is 0 Å². The molecule has 1 rings (SSSR count). The fraction of sp³-hybridized carbons (Fsp3) is 1.00. The van der Waals surface area contributed by atoms with Crippen LogP contribution in [-0.4, -0.2) is 22.6 Å². The second-order valence-electron chi connectivity index (χ2n) is 0.822. The first-order valence-corrected chi connectivity index (χ1v) is 1.80. The molecule has 1 heterocycles. The molecule has 0 saturated carbocycles. The number of epoxide rings is 1. The summed E-state index contributed by atoms with van der Waals surface area (Å²) in [6.45, 7) is 0.900. The molecule has 1 aliphatic heterocycles. The van der Waals surface area contributed by atoms with Gasteiger partial charge in [-0.15, -0.1) is 0 Å². The molecule has 0 aromatic heterocycles. The minimum atomic E-state index is 0.389. The molecule has 1 fully saturated rings. The van der Waals surface area contributed by atoms with Gasteiger partial charge in [-0.1, -0.05) is 0 Å². The van der Waals surface area contributed by atoms with E-state index in [0.717, 1.165) is 6.61 Å². The first kappa shape index (κ1) is 2.42. The molecule has 1 atom stereocenters. The molecule has 0 aromatic carbocycles. The van der Waals surface area contributed by atoms with Gasteiger partial charge in [-0.2, -0.15) is 0 Å². The van der Waals surface area contributed by atoms with Crippen LogP contribution >= 0.6 is 0 Å². The Balaban J connectivity index is 2.17. The van der Waals surface area contributed by atoms with Crippen LogP contribution < -0.4 is 0 Å². The molecule has 21 valence electrons. The first-order chi connectivity index (χ1) is 1.89. The van der Waals surface area contributed by atoms with Crippen molar-refractivity contribution in [2.24, 2.45) is 0 Å². The van der Waals surface area contributed by atoms with Gasteiger partial charge in [0.05, 0.1) is 22.6 Å². The third-order valence-electron chi connectivity index (χ3n) is 0.333. The Morgan fingerprint density at radius 3 is 2.25 bits per heavy atom. The van der Waals surface area contributed by atoms with Crippen molar-refractivity contribution >= 4 is 10.2 Å². The summed E-state index contributed by atoms with van der Waals surface area (Å²) in [5.41, 5.74) is 0.389. The summed E-state index contributed by atoms with van der Waals surface area (Å²) in [7, 11) is 3.20. The average Bonchev–Trinajstić information content (AvgIpc) is 1.75. The molecular formula is C2H3OSi. The molecule has 1 aliphatic rings. The summed E-state index contributed by atoms with van der Waals surface area (Å²) in [6, 6.07) is 0. The van der Waals surface area contributed by atoms with E-state index in [2.05, 4.69) is 15.0 Å². The van der Waals surface area contributed by atoms with E-state index in [1.54, 1.807) is 0 Å². The highest BCUT2D eigenvalue weighted by Crippen LogP contribution is 1.99. The molecule has 0 amide bonds. The summed E-state index contributed by atoms with van der Waals surface area (Å²) in [5.74, 6) is 0. The van der Waals surface area contributed by atoms with Gasteiger partial charge in [0, 0.05) is 0 Å². The smallest absolute Gasteiger partial charge is 0.0690 e. The van der Waals surface area contributed by atoms with Crippen LogP contribution in [0.15, 0.2) is 0 Å². The van der Waals surface area contributed by atoms with Gasteiger partial charge in [0.15, 0.2) is 0 Å². The summed E-state index contributed by atoms with van der Waals surface area (Å²) in [4.78, 5) is 0. The Bertz CT molecular complexity index is 25.2. The van der Waals surface area contributed by atoms with Crippen LogP contribution in [0.4, 0.5) is 0 Å². The van der Waals surface area contributed by atoms with Crippen LogP contribution in [0.5, 0.6) is 0 Å². The van der Waals surface area contributed by atoms with Crippen LogP contribution in [0.1, 0.15) is 0 Å². The molecule has 1 unspecified atom stereocenters. The zero-order chi connectivity index (χ0) is 2.99. The summed E-state index contributed by atoms with van der Waals surface area (Å²) in [5, 5.41) is 0. The third kappa shape index (κ3) is 0.299. The molecular weight excluding hydrogens is 68.1 g/mol. The van der Waals surface area contributed by atoms with Crippen molar-refractivity contribution in [3.63, 3.8) is 0 Å². The van der Waals surface area contributed by atoms with E-state index in [4.69, 9.17) is 0 Å². The highest BCUT2D eigenvalue weighted by Gasteiger charge is 2.13. The molecule has 3 radical (unpaired) electrons. The molecule has 0 N–H and O–H groups in total. The Labute approximate surface area is 28.4 Å². The minimum absolute atomic E-state index is 0.389. The van der Waals surface area contributed by atoms with Crippen LogP contribution in [0.25, 0.3) is 0 Å². The van der Waals surface area contributed by atoms with Crippen molar-refractivity contribution in [1.82, 2.24) is 0 Å². The molecule has 0 aromatic rings. The minimum Gasteiger partial charge on any atom is -0.378 e. The summed E-state index contributed by atoms with van der Waals surface area (Å²) >= 11 is 0. The van der Waals surface area contributed by atoms with Gasteiger partial charge < -0.3 is 4.74 Å². The van der Waals surface area contributed by atoms with Crippen LogP contribution in [0.3, 0.4) is 0 Å². The van der Waals surface area contributed by atoms with Gasteiger partial charge >= 0.3 is 0 Å². The largest absolute Gasteiger partial charge is 0.378 e. The quantitative estimate of drug-likeness (QED) is 0.277. The molecule has 1 saturated heterocycles. The fourth-order valence-corrected chi connectivity index (χ4v) is 0.144. The van der Waals surface area contributed by atoms with Crippen molar-refractivity contribution in [2.75, 3.05) is 6.61 Å². The Morgan fingerprint density at radius 1 is 2.00 bits per heavy atom. The maximum Gasteiger partial charge on any atom is 0.0690 e. The Kier molecular flexibility index (Phi) is 0.339. The number of hydrogen-bond acceptors (Lipinski definition) is 1. The zero-order valence-corrected chi connectivity index (χ0v) is 3.19.